The first-order valence-corrected chi connectivity index (χ1v) is 10.4. The van der Waals surface area contributed by atoms with Gasteiger partial charge in [-0.15, -0.1) is 0 Å². The Balaban J connectivity index is 1.62. The van der Waals surface area contributed by atoms with Crippen LogP contribution in [-0.4, -0.2) is 44.5 Å². The molecule has 33 heavy (non-hydrogen) atoms. The molecule has 3 aromatic rings. The molecule has 3 aromatic carbocycles. The van der Waals surface area contributed by atoms with Crippen molar-refractivity contribution in [2.45, 2.75) is 0 Å². The van der Waals surface area contributed by atoms with Crippen molar-refractivity contribution in [3.05, 3.63) is 90.0 Å². The Bertz CT molecular complexity index is 1100. The van der Waals surface area contributed by atoms with E-state index in [4.69, 9.17) is 4.74 Å². The molecule has 0 saturated heterocycles. The highest BCUT2D eigenvalue weighted by Crippen LogP contribution is 2.18. The number of anilines is 3. The van der Waals surface area contributed by atoms with Crippen molar-refractivity contribution in [2.75, 3.05) is 42.8 Å². The maximum absolute atomic E-state index is 12.7. The van der Waals surface area contributed by atoms with E-state index in [-0.39, 0.29) is 24.3 Å². The zero-order valence-corrected chi connectivity index (χ0v) is 18.3. The number of carbonyl (C=O) groups is 3. The average molecular weight is 447 g/mol. The minimum absolute atomic E-state index is 0.0863. The summed E-state index contributed by atoms with van der Waals surface area (Å²) in [7, 11) is 1.56. The lowest BCUT2D eigenvalue weighted by molar-refractivity contribution is -0.114. The molecule has 0 aliphatic carbocycles. The summed E-state index contributed by atoms with van der Waals surface area (Å²) in [6.07, 6.45) is 0. The van der Waals surface area contributed by atoms with Crippen LogP contribution < -0.4 is 21.3 Å². The molecule has 0 aliphatic rings. The van der Waals surface area contributed by atoms with Crippen LogP contribution in [0, 0.1) is 0 Å². The predicted molar refractivity (Wildman–Crippen MR) is 129 cm³/mol. The van der Waals surface area contributed by atoms with E-state index < -0.39 is 0 Å². The molecule has 0 saturated carbocycles. The Kier molecular flexibility index (Phi) is 8.55. The summed E-state index contributed by atoms with van der Waals surface area (Å²) < 4.78 is 4.94. The first kappa shape index (κ1) is 23.5. The molecule has 0 radical (unpaired) electrons. The van der Waals surface area contributed by atoms with Crippen LogP contribution >= 0.6 is 0 Å². The van der Waals surface area contributed by atoms with Crippen molar-refractivity contribution in [1.82, 2.24) is 5.32 Å². The lowest BCUT2D eigenvalue weighted by Gasteiger charge is -2.14. The van der Waals surface area contributed by atoms with Gasteiger partial charge in [0.25, 0.3) is 11.8 Å². The van der Waals surface area contributed by atoms with Gasteiger partial charge in [-0.3, -0.25) is 14.4 Å². The molecule has 0 aromatic heterocycles. The minimum atomic E-state index is -0.357. The second kappa shape index (κ2) is 12.0. The monoisotopic (exact) mass is 446 g/mol. The van der Waals surface area contributed by atoms with Crippen molar-refractivity contribution in [3.63, 3.8) is 0 Å². The number of carbonyl (C=O) groups excluding carboxylic acids is 3. The van der Waals surface area contributed by atoms with Crippen LogP contribution in [-0.2, 0) is 9.53 Å². The zero-order chi connectivity index (χ0) is 23.5. The number of methoxy groups -OCH3 is 1. The predicted octanol–water partition coefficient (Wildman–Crippen LogP) is 3.37. The smallest absolute Gasteiger partial charge is 0.257 e. The van der Waals surface area contributed by atoms with Gasteiger partial charge in [-0.25, -0.2) is 0 Å². The molecule has 170 valence electrons. The second-order valence-corrected chi connectivity index (χ2v) is 7.06. The molecule has 0 bridgehead atoms. The van der Waals surface area contributed by atoms with Gasteiger partial charge in [-0.1, -0.05) is 42.5 Å². The van der Waals surface area contributed by atoms with E-state index in [2.05, 4.69) is 21.3 Å². The van der Waals surface area contributed by atoms with E-state index in [0.717, 1.165) is 0 Å². The molecule has 8 heteroatoms. The molecular weight excluding hydrogens is 420 g/mol. The number of nitrogens with one attached hydrogen (secondary N) is 4. The van der Waals surface area contributed by atoms with E-state index in [9.17, 15) is 14.4 Å². The summed E-state index contributed by atoms with van der Waals surface area (Å²) in [6.45, 7) is 0.698. The van der Waals surface area contributed by atoms with Crippen molar-refractivity contribution < 1.29 is 19.1 Å². The third-order valence-electron chi connectivity index (χ3n) is 4.68. The van der Waals surface area contributed by atoms with Crippen molar-refractivity contribution in [1.29, 1.82) is 0 Å². The standard InChI is InChI=1S/C25H26N4O4/c1-33-16-15-26-24(31)19-11-5-7-13-21(19)27-17-23(30)29-22-14-8-6-12-20(22)25(32)28-18-9-3-2-4-10-18/h2-14,27H,15-17H2,1H3,(H,26,31)(H,28,32)(H,29,30). The maximum atomic E-state index is 12.7. The Morgan fingerprint density at radius 3 is 2.03 bits per heavy atom. The van der Waals surface area contributed by atoms with Gasteiger partial charge in [0.1, 0.15) is 0 Å². The quantitative estimate of drug-likeness (QED) is 0.357. The van der Waals surface area contributed by atoms with Gasteiger partial charge in [-0.05, 0) is 36.4 Å². The SMILES string of the molecule is COCCNC(=O)c1ccccc1NCC(=O)Nc1ccccc1C(=O)Nc1ccccc1. The third kappa shape index (κ3) is 6.91. The summed E-state index contributed by atoms with van der Waals surface area (Å²) in [5.74, 6) is -0.953. The summed E-state index contributed by atoms with van der Waals surface area (Å²) in [4.78, 5) is 37.7. The number of ether oxygens (including phenoxy) is 1. The fraction of sp³-hybridized carbons (Fsp3) is 0.160. The number of hydrogen-bond acceptors (Lipinski definition) is 5. The van der Waals surface area contributed by atoms with Crippen LogP contribution in [0.1, 0.15) is 20.7 Å². The number of hydrogen-bond donors (Lipinski definition) is 4. The van der Waals surface area contributed by atoms with Gasteiger partial charge in [0, 0.05) is 25.0 Å². The Hall–Kier alpha value is -4.17. The molecule has 3 rings (SSSR count). The highest BCUT2D eigenvalue weighted by Gasteiger charge is 2.15. The number of benzene rings is 3. The molecule has 0 fully saturated rings. The van der Waals surface area contributed by atoms with E-state index in [0.29, 0.717) is 41.3 Å². The van der Waals surface area contributed by atoms with Gasteiger partial charge in [0.05, 0.1) is 30.0 Å². The fourth-order valence-corrected chi connectivity index (χ4v) is 3.08. The normalized spacial score (nSPS) is 10.2. The van der Waals surface area contributed by atoms with Crippen molar-refractivity contribution in [3.8, 4) is 0 Å². The molecule has 0 spiro atoms. The Morgan fingerprint density at radius 1 is 0.727 bits per heavy atom. The summed E-state index contributed by atoms with van der Waals surface area (Å²) in [6, 6.07) is 22.8. The first-order chi connectivity index (χ1) is 16.1. The van der Waals surface area contributed by atoms with Gasteiger partial charge in [-0.2, -0.15) is 0 Å². The molecule has 4 N–H and O–H groups in total. The van der Waals surface area contributed by atoms with Crippen LogP contribution in [0.3, 0.4) is 0 Å². The largest absolute Gasteiger partial charge is 0.383 e. The van der Waals surface area contributed by atoms with Crippen molar-refractivity contribution in [2.24, 2.45) is 0 Å². The topological polar surface area (TPSA) is 109 Å². The molecule has 0 atom stereocenters. The van der Waals surface area contributed by atoms with Gasteiger partial charge in [0.15, 0.2) is 0 Å². The molecular formula is C25H26N4O4. The van der Waals surface area contributed by atoms with Crippen LogP contribution in [0.25, 0.3) is 0 Å². The molecule has 3 amide bonds. The van der Waals surface area contributed by atoms with Gasteiger partial charge < -0.3 is 26.0 Å². The number of para-hydroxylation sites is 3. The van der Waals surface area contributed by atoms with Crippen LogP contribution in [0.15, 0.2) is 78.9 Å². The van der Waals surface area contributed by atoms with E-state index in [1.807, 2.05) is 18.2 Å². The Morgan fingerprint density at radius 2 is 1.33 bits per heavy atom. The Labute approximate surface area is 192 Å². The molecule has 0 heterocycles. The highest BCUT2D eigenvalue weighted by molar-refractivity contribution is 6.10. The van der Waals surface area contributed by atoms with Gasteiger partial charge in [0.2, 0.25) is 5.91 Å². The third-order valence-corrected chi connectivity index (χ3v) is 4.68. The molecule has 8 nitrogen and oxygen atoms in total. The number of amides is 3. The van der Waals surface area contributed by atoms with E-state index >= 15 is 0 Å². The minimum Gasteiger partial charge on any atom is -0.383 e. The fourth-order valence-electron chi connectivity index (χ4n) is 3.08. The van der Waals surface area contributed by atoms with E-state index in [1.54, 1.807) is 67.8 Å². The lowest BCUT2D eigenvalue weighted by Crippen LogP contribution is -2.29. The summed E-state index contributed by atoms with van der Waals surface area (Å²) in [5.41, 5.74) is 2.34. The van der Waals surface area contributed by atoms with E-state index in [1.165, 1.54) is 0 Å². The average Bonchev–Trinajstić information content (AvgIpc) is 2.84. The number of rotatable bonds is 10. The van der Waals surface area contributed by atoms with Crippen LogP contribution in [0.2, 0.25) is 0 Å². The molecule has 0 unspecified atom stereocenters. The van der Waals surface area contributed by atoms with Crippen LogP contribution in [0.5, 0.6) is 0 Å². The zero-order valence-electron chi connectivity index (χ0n) is 18.3. The highest BCUT2D eigenvalue weighted by atomic mass is 16.5. The second-order valence-electron chi connectivity index (χ2n) is 7.06. The van der Waals surface area contributed by atoms with Crippen molar-refractivity contribution >= 4 is 34.8 Å². The van der Waals surface area contributed by atoms with Gasteiger partial charge >= 0.3 is 0 Å². The maximum Gasteiger partial charge on any atom is 0.257 e. The summed E-state index contributed by atoms with van der Waals surface area (Å²) in [5, 5.41) is 11.3. The first-order valence-electron chi connectivity index (χ1n) is 10.4. The lowest BCUT2D eigenvalue weighted by atomic mass is 10.1. The summed E-state index contributed by atoms with van der Waals surface area (Å²) >= 11 is 0. The molecule has 0 aliphatic heterocycles. The van der Waals surface area contributed by atoms with Crippen LogP contribution in [0.4, 0.5) is 17.1 Å².